The number of halogens is 5. The van der Waals surface area contributed by atoms with Crippen LogP contribution in [0.1, 0.15) is 24.7 Å². The minimum Gasteiger partial charge on any atom is -0.274 e. The molecule has 0 atom stereocenters. The molecule has 154 valence electrons. The van der Waals surface area contributed by atoms with Crippen molar-refractivity contribution in [2.24, 2.45) is 7.05 Å². The molecule has 1 aliphatic rings. The monoisotopic (exact) mass is 442 g/mol. The predicted octanol–water partition coefficient (Wildman–Crippen LogP) is 2.42. The number of nitrogens with zero attached hydrogens (tertiary/aromatic N) is 4. The summed E-state index contributed by atoms with van der Waals surface area (Å²) in [7, 11) is -2.98. The molecule has 0 N–H and O–H groups in total. The van der Waals surface area contributed by atoms with Crippen LogP contribution < -0.4 is 5.69 Å². The molecular formula is C15H15ClF4N4O3S. The number of hydrogen-bond donors (Lipinski definition) is 0. The van der Waals surface area contributed by atoms with Crippen molar-refractivity contribution in [3.63, 3.8) is 0 Å². The lowest BCUT2D eigenvalue weighted by atomic mass is 10.1. The van der Waals surface area contributed by atoms with E-state index in [2.05, 4.69) is 5.10 Å². The van der Waals surface area contributed by atoms with Crippen LogP contribution in [-0.4, -0.2) is 40.2 Å². The van der Waals surface area contributed by atoms with Gasteiger partial charge in [0.05, 0.1) is 16.0 Å². The molecule has 0 bridgehead atoms. The van der Waals surface area contributed by atoms with Gasteiger partial charge in [0.15, 0.2) is 0 Å². The fraction of sp³-hybridized carbons (Fsp3) is 0.467. The highest BCUT2D eigenvalue weighted by Gasteiger charge is 2.39. The highest BCUT2D eigenvalue weighted by molar-refractivity contribution is 7.89. The van der Waals surface area contributed by atoms with Crippen LogP contribution in [-0.2, 0) is 23.2 Å². The summed E-state index contributed by atoms with van der Waals surface area (Å²) in [5.74, 6) is -2.07. The van der Waals surface area contributed by atoms with E-state index >= 15 is 0 Å². The van der Waals surface area contributed by atoms with Crippen molar-refractivity contribution in [1.29, 1.82) is 0 Å². The molecule has 0 radical (unpaired) electrons. The van der Waals surface area contributed by atoms with E-state index in [0.29, 0.717) is 4.57 Å². The Hall–Kier alpha value is -1.92. The lowest BCUT2D eigenvalue weighted by Crippen LogP contribution is -2.41. The Bertz CT molecular complexity index is 1060. The summed E-state index contributed by atoms with van der Waals surface area (Å²) in [5.41, 5.74) is -0.918. The van der Waals surface area contributed by atoms with Gasteiger partial charge in [0.2, 0.25) is 15.8 Å². The second-order valence-electron chi connectivity index (χ2n) is 6.32. The molecule has 0 saturated carbocycles. The summed E-state index contributed by atoms with van der Waals surface area (Å²) in [4.78, 5) is 11.9. The Kier molecular flexibility index (Phi) is 5.32. The van der Waals surface area contributed by atoms with Crippen LogP contribution in [0.4, 0.5) is 17.6 Å². The molecule has 1 aliphatic heterocycles. The van der Waals surface area contributed by atoms with E-state index in [9.17, 15) is 30.8 Å². The van der Waals surface area contributed by atoms with Gasteiger partial charge in [-0.3, -0.25) is 4.57 Å². The Labute approximate surface area is 162 Å². The molecule has 1 aromatic heterocycles. The first-order chi connectivity index (χ1) is 12.9. The van der Waals surface area contributed by atoms with Gasteiger partial charge in [-0.2, -0.15) is 17.5 Å². The number of benzene rings is 1. The van der Waals surface area contributed by atoms with Crippen LogP contribution in [0.15, 0.2) is 27.9 Å². The van der Waals surface area contributed by atoms with E-state index < -0.39 is 39.6 Å². The maximum absolute atomic E-state index is 13.3. The third-order valence-electron chi connectivity index (χ3n) is 4.55. The van der Waals surface area contributed by atoms with E-state index in [1.54, 1.807) is 0 Å². The van der Waals surface area contributed by atoms with Crippen molar-refractivity contribution in [2.75, 3.05) is 13.1 Å². The Balaban J connectivity index is 1.80. The summed E-state index contributed by atoms with van der Waals surface area (Å²) in [6, 6.07) is 2.35. The van der Waals surface area contributed by atoms with Crippen LogP contribution in [0.2, 0.25) is 5.02 Å². The molecule has 0 spiro atoms. The highest BCUT2D eigenvalue weighted by atomic mass is 35.5. The average Bonchev–Trinajstić information content (AvgIpc) is 2.93. The van der Waals surface area contributed by atoms with Gasteiger partial charge in [-0.1, -0.05) is 11.6 Å². The van der Waals surface area contributed by atoms with E-state index in [1.165, 1.54) is 0 Å². The topological polar surface area (TPSA) is 77.2 Å². The Morgan fingerprint density at radius 3 is 2.32 bits per heavy atom. The van der Waals surface area contributed by atoms with Gasteiger partial charge >= 0.3 is 11.9 Å². The third-order valence-corrected chi connectivity index (χ3v) is 6.74. The molecule has 7 nitrogen and oxygen atoms in total. The standard InChI is InChI=1S/C15H15ClF4N4O3S/c1-22-13(15(18,19)20)21-24(14(22)25)9-4-6-23(7-5-9)28(26,27)10-2-3-12(17)11(16)8-10/h2-3,8-9H,4-7H2,1H3. The van der Waals surface area contributed by atoms with Gasteiger partial charge in [0.1, 0.15) is 5.82 Å². The van der Waals surface area contributed by atoms with Gasteiger partial charge in [-0.15, -0.1) is 5.10 Å². The van der Waals surface area contributed by atoms with Crippen LogP contribution in [0.3, 0.4) is 0 Å². The van der Waals surface area contributed by atoms with Gasteiger partial charge < -0.3 is 0 Å². The first kappa shape index (κ1) is 20.8. The first-order valence-electron chi connectivity index (χ1n) is 8.11. The molecule has 0 unspecified atom stereocenters. The normalized spacial score (nSPS) is 17.2. The molecule has 1 saturated heterocycles. The zero-order valence-electron chi connectivity index (χ0n) is 14.4. The molecular weight excluding hydrogens is 428 g/mol. The zero-order chi connectivity index (χ0) is 20.9. The molecule has 13 heteroatoms. The summed E-state index contributed by atoms with van der Waals surface area (Å²) in [5, 5.41) is 3.05. The third kappa shape index (κ3) is 3.67. The number of alkyl halides is 3. The van der Waals surface area contributed by atoms with Crippen molar-refractivity contribution in [3.05, 3.63) is 45.3 Å². The van der Waals surface area contributed by atoms with Crippen molar-refractivity contribution in [2.45, 2.75) is 30.0 Å². The van der Waals surface area contributed by atoms with E-state index in [1.807, 2.05) is 0 Å². The van der Waals surface area contributed by atoms with Crippen molar-refractivity contribution < 1.29 is 26.0 Å². The lowest BCUT2D eigenvalue weighted by molar-refractivity contribution is -0.147. The fourth-order valence-corrected chi connectivity index (χ4v) is 4.80. The van der Waals surface area contributed by atoms with E-state index in [4.69, 9.17) is 11.6 Å². The second kappa shape index (κ2) is 7.16. The SMILES string of the molecule is Cn1c(C(F)(F)F)nn(C2CCN(S(=O)(=O)c3ccc(F)c(Cl)c3)CC2)c1=O. The molecule has 1 fully saturated rings. The number of sulfonamides is 1. The first-order valence-corrected chi connectivity index (χ1v) is 9.92. The minimum atomic E-state index is -4.77. The summed E-state index contributed by atoms with van der Waals surface area (Å²) >= 11 is 5.63. The van der Waals surface area contributed by atoms with Crippen LogP contribution in [0.5, 0.6) is 0 Å². The summed E-state index contributed by atoms with van der Waals surface area (Å²) in [6.07, 6.45) is -4.57. The molecule has 28 heavy (non-hydrogen) atoms. The van der Waals surface area contributed by atoms with Crippen molar-refractivity contribution >= 4 is 21.6 Å². The average molecular weight is 443 g/mol. The molecule has 0 aliphatic carbocycles. The Morgan fingerprint density at radius 1 is 1.21 bits per heavy atom. The van der Waals surface area contributed by atoms with Crippen molar-refractivity contribution in [1.82, 2.24) is 18.7 Å². The number of hydrogen-bond acceptors (Lipinski definition) is 4. The van der Waals surface area contributed by atoms with Gasteiger partial charge in [-0.05, 0) is 31.0 Å². The molecule has 2 aromatic rings. The van der Waals surface area contributed by atoms with Crippen LogP contribution in [0, 0.1) is 5.82 Å². The Morgan fingerprint density at radius 2 is 1.82 bits per heavy atom. The maximum Gasteiger partial charge on any atom is 0.451 e. The molecule has 2 heterocycles. The van der Waals surface area contributed by atoms with Crippen LogP contribution >= 0.6 is 11.6 Å². The number of piperidine rings is 1. The largest absolute Gasteiger partial charge is 0.451 e. The molecule has 0 amide bonds. The zero-order valence-corrected chi connectivity index (χ0v) is 16.0. The van der Waals surface area contributed by atoms with Gasteiger partial charge in [0, 0.05) is 20.1 Å². The van der Waals surface area contributed by atoms with E-state index in [-0.39, 0.29) is 35.8 Å². The fourth-order valence-electron chi connectivity index (χ4n) is 3.05. The molecule has 1 aromatic carbocycles. The van der Waals surface area contributed by atoms with Crippen LogP contribution in [0.25, 0.3) is 0 Å². The molecule has 3 rings (SSSR count). The van der Waals surface area contributed by atoms with E-state index in [0.717, 1.165) is 34.2 Å². The van der Waals surface area contributed by atoms with Gasteiger partial charge in [-0.25, -0.2) is 22.3 Å². The number of aromatic nitrogens is 3. The smallest absolute Gasteiger partial charge is 0.274 e. The maximum atomic E-state index is 13.3. The van der Waals surface area contributed by atoms with Gasteiger partial charge in [0.25, 0.3) is 0 Å². The summed E-state index contributed by atoms with van der Waals surface area (Å²) < 4.78 is 79.6. The number of rotatable bonds is 3. The summed E-state index contributed by atoms with van der Waals surface area (Å²) in [6.45, 7) is -0.0707. The second-order valence-corrected chi connectivity index (χ2v) is 8.66. The van der Waals surface area contributed by atoms with Crippen molar-refractivity contribution in [3.8, 4) is 0 Å². The predicted molar refractivity (Wildman–Crippen MR) is 90.9 cm³/mol. The minimum absolute atomic E-state index is 0.0354. The highest BCUT2D eigenvalue weighted by Crippen LogP contribution is 2.30. The quantitative estimate of drug-likeness (QED) is 0.684. The lowest BCUT2D eigenvalue weighted by Gasteiger charge is -2.30.